The molecule has 0 unspecified atom stereocenters. The molecule has 26 heavy (non-hydrogen) atoms. The lowest BCUT2D eigenvalue weighted by Gasteiger charge is -2.16. The van der Waals surface area contributed by atoms with Crippen LogP contribution in [0.15, 0.2) is 48.5 Å². The molecule has 5 nitrogen and oxygen atoms in total. The molecule has 2 rings (SSSR count). The summed E-state index contributed by atoms with van der Waals surface area (Å²) in [6.07, 6.45) is 3.12. The van der Waals surface area contributed by atoms with Crippen molar-refractivity contribution in [1.82, 2.24) is 4.90 Å². The Hall–Kier alpha value is -3.08. The van der Waals surface area contributed by atoms with E-state index in [9.17, 15) is 9.59 Å². The number of rotatable bonds is 6. The van der Waals surface area contributed by atoms with Crippen molar-refractivity contribution in [2.45, 2.75) is 13.8 Å². The number of amides is 2. The van der Waals surface area contributed by atoms with Crippen LogP contribution in [0, 0.1) is 13.8 Å². The quantitative estimate of drug-likeness (QED) is 0.811. The van der Waals surface area contributed by atoms with Gasteiger partial charge in [-0.1, -0.05) is 36.4 Å². The van der Waals surface area contributed by atoms with Gasteiger partial charge in [-0.05, 0) is 37.1 Å². The van der Waals surface area contributed by atoms with Crippen molar-refractivity contribution in [1.29, 1.82) is 0 Å². The Morgan fingerprint density at radius 3 is 2.38 bits per heavy atom. The monoisotopic (exact) mass is 352 g/mol. The summed E-state index contributed by atoms with van der Waals surface area (Å²) in [5.74, 6) is 0.198. The van der Waals surface area contributed by atoms with Crippen molar-refractivity contribution < 1.29 is 14.3 Å². The van der Waals surface area contributed by atoms with E-state index in [0.29, 0.717) is 5.75 Å². The molecule has 0 aliphatic carbocycles. The Balaban J connectivity index is 1.98. The predicted molar refractivity (Wildman–Crippen MR) is 104 cm³/mol. The topological polar surface area (TPSA) is 58.6 Å². The number of ether oxygens (including phenoxy) is 1. The van der Waals surface area contributed by atoms with Gasteiger partial charge in [-0.25, -0.2) is 0 Å². The summed E-state index contributed by atoms with van der Waals surface area (Å²) >= 11 is 0. The van der Waals surface area contributed by atoms with Crippen molar-refractivity contribution >= 4 is 23.6 Å². The van der Waals surface area contributed by atoms with Gasteiger partial charge in [0.25, 0.3) is 0 Å². The molecule has 0 saturated heterocycles. The Kier molecular flexibility index (Phi) is 6.55. The summed E-state index contributed by atoms with van der Waals surface area (Å²) in [7, 11) is 3.18. The lowest BCUT2D eigenvalue weighted by Crippen LogP contribution is -2.34. The number of anilines is 1. The van der Waals surface area contributed by atoms with Gasteiger partial charge in [-0.3, -0.25) is 9.59 Å². The van der Waals surface area contributed by atoms with Crippen LogP contribution in [0.1, 0.15) is 16.7 Å². The van der Waals surface area contributed by atoms with Crippen molar-refractivity contribution in [2.24, 2.45) is 0 Å². The van der Waals surface area contributed by atoms with E-state index in [0.717, 1.165) is 22.4 Å². The van der Waals surface area contributed by atoms with E-state index in [1.165, 1.54) is 11.0 Å². The van der Waals surface area contributed by atoms with Crippen LogP contribution >= 0.6 is 0 Å². The minimum Gasteiger partial charge on any atom is -0.496 e. The Labute approximate surface area is 154 Å². The van der Waals surface area contributed by atoms with Gasteiger partial charge >= 0.3 is 0 Å². The summed E-state index contributed by atoms with van der Waals surface area (Å²) in [6.45, 7) is 3.85. The average molecular weight is 352 g/mol. The lowest BCUT2D eigenvalue weighted by atomic mass is 10.1. The first kappa shape index (κ1) is 19.2. The third kappa shape index (κ3) is 4.96. The normalized spacial score (nSPS) is 10.6. The molecular formula is C21H24N2O3. The van der Waals surface area contributed by atoms with Gasteiger partial charge in [0.15, 0.2) is 0 Å². The Morgan fingerprint density at radius 2 is 1.73 bits per heavy atom. The molecule has 0 bridgehead atoms. The third-order valence-electron chi connectivity index (χ3n) is 4.05. The van der Waals surface area contributed by atoms with Gasteiger partial charge in [0, 0.05) is 24.4 Å². The van der Waals surface area contributed by atoms with E-state index >= 15 is 0 Å². The van der Waals surface area contributed by atoms with E-state index in [1.807, 2.05) is 56.3 Å². The van der Waals surface area contributed by atoms with Gasteiger partial charge in [-0.2, -0.15) is 0 Å². The molecule has 0 saturated carbocycles. The molecule has 0 aromatic heterocycles. The number of likely N-dealkylation sites (N-methyl/N-ethyl adjacent to an activating group) is 1. The molecule has 136 valence electrons. The minimum absolute atomic E-state index is 0.0249. The van der Waals surface area contributed by atoms with Crippen LogP contribution in [0.5, 0.6) is 5.75 Å². The predicted octanol–water partition coefficient (Wildman–Crippen LogP) is 3.42. The highest BCUT2D eigenvalue weighted by molar-refractivity contribution is 5.98. The number of nitrogens with zero attached hydrogens (tertiary/aromatic N) is 1. The van der Waals surface area contributed by atoms with Gasteiger partial charge in [0.2, 0.25) is 11.8 Å². The fourth-order valence-electron chi connectivity index (χ4n) is 2.58. The standard InChI is InChI=1S/C21H24N2O3/c1-15-8-7-9-16(2)21(15)22-19(24)14-23(3)20(25)13-12-17-10-5-6-11-18(17)26-4/h5-13H,14H2,1-4H3,(H,22,24)/b13-12+. The fourth-order valence-corrected chi connectivity index (χ4v) is 2.58. The van der Waals surface area contributed by atoms with Gasteiger partial charge in [-0.15, -0.1) is 0 Å². The zero-order valence-electron chi connectivity index (χ0n) is 15.6. The molecule has 2 aromatic rings. The molecule has 2 amide bonds. The van der Waals surface area contributed by atoms with Crippen molar-refractivity contribution in [2.75, 3.05) is 26.0 Å². The molecule has 0 fully saturated rings. The first-order valence-corrected chi connectivity index (χ1v) is 8.34. The third-order valence-corrected chi connectivity index (χ3v) is 4.05. The zero-order chi connectivity index (χ0) is 19.1. The average Bonchev–Trinajstić information content (AvgIpc) is 2.63. The Morgan fingerprint density at radius 1 is 1.08 bits per heavy atom. The maximum Gasteiger partial charge on any atom is 0.246 e. The fraction of sp³-hybridized carbons (Fsp3) is 0.238. The molecule has 0 spiro atoms. The maximum absolute atomic E-state index is 12.3. The highest BCUT2D eigenvalue weighted by atomic mass is 16.5. The molecule has 0 atom stereocenters. The highest BCUT2D eigenvalue weighted by Gasteiger charge is 2.13. The molecule has 0 aliphatic rings. The number of nitrogens with one attached hydrogen (secondary N) is 1. The second-order valence-corrected chi connectivity index (χ2v) is 6.08. The van der Waals surface area contributed by atoms with Gasteiger partial charge in [0.05, 0.1) is 13.7 Å². The molecular weight excluding hydrogens is 328 g/mol. The number of benzene rings is 2. The summed E-state index contributed by atoms with van der Waals surface area (Å²) in [5, 5.41) is 2.88. The first-order chi connectivity index (χ1) is 12.4. The van der Waals surface area contributed by atoms with Crippen molar-refractivity contribution in [3.05, 3.63) is 65.2 Å². The molecule has 2 aromatic carbocycles. The van der Waals surface area contributed by atoms with Crippen LogP contribution in [-0.4, -0.2) is 37.4 Å². The smallest absolute Gasteiger partial charge is 0.246 e. The van der Waals surface area contributed by atoms with E-state index in [-0.39, 0.29) is 18.4 Å². The zero-order valence-corrected chi connectivity index (χ0v) is 15.6. The highest BCUT2D eigenvalue weighted by Crippen LogP contribution is 2.20. The number of para-hydroxylation sites is 2. The molecule has 0 heterocycles. The van der Waals surface area contributed by atoms with Gasteiger partial charge in [0.1, 0.15) is 5.75 Å². The van der Waals surface area contributed by atoms with E-state index in [1.54, 1.807) is 20.2 Å². The maximum atomic E-state index is 12.3. The number of carbonyl (C=O) groups is 2. The van der Waals surface area contributed by atoms with Crippen LogP contribution in [-0.2, 0) is 9.59 Å². The summed E-state index contributed by atoms with van der Waals surface area (Å²) in [6, 6.07) is 13.2. The lowest BCUT2D eigenvalue weighted by molar-refractivity contribution is -0.129. The van der Waals surface area contributed by atoms with Crippen LogP contribution in [0.3, 0.4) is 0 Å². The summed E-state index contributed by atoms with van der Waals surface area (Å²) in [5.41, 5.74) is 3.58. The molecule has 0 radical (unpaired) electrons. The number of carbonyl (C=O) groups excluding carboxylic acids is 2. The largest absolute Gasteiger partial charge is 0.496 e. The second-order valence-electron chi connectivity index (χ2n) is 6.08. The number of hydrogen-bond acceptors (Lipinski definition) is 3. The minimum atomic E-state index is -0.257. The summed E-state index contributed by atoms with van der Waals surface area (Å²) < 4.78 is 5.25. The van der Waals surface area contributed by atoms with E-state index in [4.69, 9.17) is 4.74 Å². The molecule has 5 heteroatoms. The SMILES string of the molecule is COc1ccccc1/C=C/C(=O)N(C)CC(=O)Nc1c(C)cccc1C. The van der Waals surface area contributed by atoms with Crippen LogP contribution in [0.25, 0.3) is 6.08 Å². The van der Waals surface area contributed by atoms with E-state index < -0.39 is 0 Å². The van der Waals surface area contributed by atoms with Crippen molar-refractivity contribution in [3.63, 3.8) is 0 Å². The molecule has 0 aliphatic heterocycles. The first-order valence-electron chi connectivity index (χ1n) is 8.34. The number of hydrogen-bond donors (Lipinski definition) is 1. The van der Waals surface area contributed by atoms with Crippen LogP contribution in [0.2, 0.25) is 0 Å². The Bertz CT molecular complexity index is 808. The van der Waals surface area contributed by atoms with E-state index in [2.05, 4.69) is 5.32 Å². The molecule has 1 N–H and O–H groups in total. The second kappa shape index (κ2) is 8.85. The number of methoxy groups -OCH3 is 1. The number of aryl methyl sites for hydroxylation is 2. The van der Waals surface area contributed by atoms with Crippen molar-refractivity contribution in [3.8, 4) is 5.75 Å². The summed E-state index contributed by atoms with van der Waals surface area (Å²) in [4.78, 5) is 25.9. The van der Waals surface area contributed by atoms with Crippen LogP contribution < -0.4 is 10.1 Å². The van der Waals surface area contributed by atoms with Gasteiger partial charge < -0.3 is 15.0 Å². The van der Waals surface area contributed by atoms with Crippen LogP contribution in [0.4, 0.5) is 5.69 Å².